The summed E-state index contributed by atoms with van der Waals surface area (Å²) in [6.07, 6.45) is 4.71. The Morgan fingerprint density at radius 3 is 2.48 bits per heavy atom. The third kappa shape index (κ3) is 2.85. The molecular weight excluding hydrogens is 402 g/mol. The molecule has 1 aromatic carbocycles. The molecule has 3 nitrogen and oxygen atoms in total. The van der Waals surface area contributed by atoms with Crippen LogP contribution in [0.2, 0.25) is 20.1 Å². The molecule has 2 aromatic heterocycles. The molecule has 1 aliphatic carbocycles. The van der Waals surface area contributed by atoms with E-state index in [4.69, 9.17) is 46.4 Å². The third-order valence-electron chi connectivity index (χ3n) is 4.21. The van der Waals surface area contributed by atoms with Crippen LogP contribution < -0.4 is 5.56 Å². The van der Waals surface area contributed by atoms with Gasteiger partial charge in [0.15, 0.2) is 5.65 Å². The largest absolute Gasteiger partial charge is 0.269 e. The minimum atomic E-state index is -0.155. The molecule has 7 heteroatoms. The number of fused-ring (bicyclic) bond motifs is 2. The highest BCUT2D eigenvalue weighted by atomic mass is 35.5. The number of hydrogen-bond donors (Lipinski definition) is 0. The predicted octanol–water partition coefficient (Wildman–Crippen LogP) is 5.79. The van der Waals surface area contributed by atoms with Crippen LogP contribution in [0.15, 0.2) is 35.3 Å². The molecule has 2 heterocycles. The van der Waals surface area contributed by atoms with Crippen molar-refractivity contribution in [1.82, 2.24) is 9.38 Å². The van der Waals surface area contributed by atoms with Gasteiger partial charge in [-0.15, -0.1) is 0 Å². The van der Waals surface area contributed by atoms with Crippen molar-refractivity contribution in [2.45, 2.75) is 12.8 Å². The number of benzene rings is 1. The van der Waals surface area contributed by atoms with Crippen LogP contribution in [-0.4, -0.2) is 9.38 Å². The van der Waals surface area contributed by atoms with E-state index in [0.717, 1.165) is 11.1 Å². The number of rotatable bonds is 1. The molecule has 25 heavy (non-hydrogen) atoms. The van der Waals surface area contributed by atoms with Gasteiger partial charge in [-0.3, -0.25) is 9.20 Å². The fraction of sp³-hybridized carbons (Fsp3) is 0.111. The van der Waals surface area contributed by atoms with Crippen LogP contribution in [0.5, 0.6) is 0 Å². The zero-order valence-electron chi connectivity index (χ0n) is 12.7. The summed E-state index contributed by atoms with van der Waals surface area (Å²) in [6, 6.07) is 6.91. The Bertz CT molecular complexity index is 1100. The second kappa shape index (κ2) is 6.33. The van der Waals surface area contributed by atoms with Gasteiger partial charge in [-0.2, -0.15) is 0 Å². The first kappa shape index (κ1) is 16.9. The SMILES string of the molecule is O=c1c2c(nc3c(Cl)cc(Cl)cn13)/C(=C\c1c(Cl)cccc1Cl)CC2. The van der Waals surface area contributed by atoms with Crippen molar-refractivity contribution in [1.29, 1.82) is 0 Å². The van der Waals surface area contributed by atoms with E-state index in [-0.39, 0.29) is 5.56 Å². The van der Waals surface area contributed by atoms with Gasteiger partial charge >= 0.3 is 0 Å². The summed E-state index contributed by atoms with van der Waals surface area (Å²) >= 11 is 24.7. The van der Waals surface area contributed by atoms with Gasteiger partial charge in [-0.05, 0) is 42.7 Å². The average molecular weight is 412 g/mol. The molecule has 0 aliphatic heterocycles. The molecule has 4 rings (SSSR count). The molecule has 126 valence electrons. The first-order valence-electron chi connectivity index (χ1n) is 7.51. The van der Waals surface area contributed by atoms with E-state index in [9.17, 15) is 4.79 Å². The topological polar surface area (TPSA) is 34.4 Å². The van der Waals surface area contributed by atoms with E-state index >= 15 is 0 Å². The van der Waals surface area contributed by atoms with Crippen molar-refractivity contribution in [3.05, 3.63) is 77.7 Å². The molecule has 0 N–H and O–H groups in total. The summed E-state index contributed by atoms with van der Waals surface area (Å²) in [6.45, 7) is 0. The minimum absolute atomic E-state index is 0.155. The lowest BCUT2D eigenvalue weighted by Crippen LogP contribution is -2.20. The number of pyridine rings is 1. The molecule has 0 amide bonds. The van der Waals surface area contributed by atoms with E-state index in [0.29, 0.717) is 49.8 Å². The Morgan fingerprint density at radius 1 is 1.04 bits per heavy atom. The fourth-order valence-corrected chi connectivity index (χ4v) is 4.06. The lowest BCUT2D eigenvalue weighted by molar-refractivity contribution is 0.971. The monoisotopic (exact) mass is 410 g/mol. The standard InChI is InChI=1S/C18H10Cl4N2O/c19-10-7-15(22)17-23-16-9(4-5-11(16)18(25)24(17)8-10)6-12-13(20)2-1-3-14(12)21/h1-3,6-8H,4-5H2/b9-6-. The zero-order valence-corrected chi connectivity index (χ0v) is 15.7. The van der Waals surface area contributed by atoms with E-state index in [1.807, 2.05) is 6.08 Å². The summed E-state index contributed by atoms with van der Waals surface area (Å²) in [5.41, 5.74) is 3.15. The van der Waals surface area contributed by atoms with E-state index in [1.54, 1.807) is 24.3 Å². The minimum Gasteiger partial charge on any atom is -0.269 e. The molecular formula is C18H10Cl4N2O. The normalized spacial score (nSPS) is 15.1. The van der Waals surface area contributed by atoms with Gasteiger partial charge in [0.2, 0.25) is 0 Å². The summed E-state index contributed by atoms with van der Waals surface area (Å²) < 4.78 is 1.40. The van der Waals surface area contributed by atoms with Crippen LogP contribution in [0.1, 0.15) is 23.2 Å². The van der Waals surface area contributed by atoms with Crippen LogP contribution in [-0.2, 0) is 6.42 Å². The third-order valence-corrected chi connectivity index (χ3v) is 5.35. The highest BCUT2D eigenvalue weighted by Crippen LogP contribution is 2.35. The van der Waals surface area contributed by atoms with Crippen LogP contribution in [0.25, 0.3) is 17.3 Å². The number of nitrogens with zero attached hydrogens (tertiary/aromatic N) is 2. The van der Waals surface area contributed by atoms with Crippen molar-refractivity contribution < 1.29 is 0 Å². The predicted molar refractivity (Wildman–Crippen MR) is 104 cm³/mol. The highest BCUT2D eigenvalue weighted by Gasteiger charge is 2.24. The van der Waals surface area contributed by atoms with Crippen molar-refractivity contribution in [2.24, 2.45) is 0 Å². The maximum atomic E-state index is 12.8. The average Bonchev–Trinajstić information content (AvgIpc) is 2.96. The maximum absolute atomic E-state index is 12.8. The van der Waals surface area contributed by atoms with E-state index in [2.05, 4.69) is 4.98 Å². The zero-order chi connectivity index (χ0) is 17.7. The number of aromatic nitrogens is 2. The van der Waals surface area contributed by atoms with Crippen molar-refractivity contribution >= 4 is 63.7 Å². The maximum Gasteiger partial charge on any atom is 0.261 e. The molecule has 0 radical (unpaired) electrons. The molecule has 3 aromatic rings. The summed E-state index contributed by atoms with van der Waals surface area (Å²) in [7, 11) is 0. The second-order valence-electron chi connectivity index (χ2n) is 5.75. The van der Waals surface area contributed by atoms with Gasteiger partial charge in [-0.25, -0.2) is 4.98 Å². The number of allylic oxidation sites excluding steroid dienone is 1. The lowest BCUT2D eigenvalue weighted by atomic mass is 10.1. The van der Waals surface area contributed by atoms with Gasteiger partial charge in [0.05, 0.1) is 15.7 Å². The van der Waals surface area contributed by atoms with Crippen molar-refractivity contribution in [3.8, 4) is 0 Å². The molecule has 0 fully saturated rings. The van der Waals surface area contributed by atoms with Gasteiger partial charge in [0.1, 0.15) is 0 Å². The van der Waals surface area contributed by atoms with Crippen molar-refractivity contribution in [3.63, 3.8) is 0 Å². The van der Waals surface area contributed by atoms with Crippen molar-refractivity contribution in [2.75, 3.05) is 0 Å². The first-order valence-corrected chi connectivity index (χ1v) is 9.02. The number of halogens is 4. The Kier molecular flexibility index (Phi) is 4.28. The molecule has 0 atom stereocenters. The fourth-order valence-electron chi connectivity index (χ4n) is 3.04. The Hall–Kier alpha value is -1.52. The Morgan fingerprint density at radius 2 is 1.76 bits per heavy atom. The second-order valence-corrected chi connectivity index (χ2v) is 7.41. The smallest absolute Gasteiger partial charge is 0.261 e. The summed E-state index contributed by atoms with van der Waals surface area (Å²) in [4.78, 5) is 17.4. The van der Waals surface area contributed by atoms with Crippen LogP contribution in [0.3, 0.4) is 0 Å². The van der Waals surface area contributed by atoms with Crippen LogP contribution >= 0.6 is 46.4 Å². The number of hydrogen-bond acceptors (Lipinski definition) is 2. The Balaban J connectivity index is 1.97. The first-order chi connectivity index (χ1) is 12.0. The van der Waals surface area contributed by atoms with Gasteiger partial charge in [-0.1, -0.05) is 52.5 Å². The lowest BCUT2D eigenvalue weighted by Gasteiger charge is -2.08. The molecule has 0 bridgehead atoms. The molecule has 0 unspecified atom stereocenters. The molecule has 1 aliphatic rings. The molecule has 0 saturated heterocycles. The molecule has 0 saturated carbocycles. The van der Waals surface area contributed by atoms with E-state index < -0.39 is 0 Å². The van der Waals surface area contributed by atoms with Crippen LogP contribution in [0.4, 0.5) is 0 Å². The van der Waals surface area contributed by atoms with Gasteiger partial charge < -0.3 is 0 Å². The van der Waals surface area contributed by atoms with Gasteiger partial charge in [0, 0.05) is 27.4 Å². The summed E-state index contributed by atoms with van der Waals surface area (Å²) in [5.74, 6) is 0. The van der Waals surface area contributed by atoms with Gasteiger partial charge in [0.25, 0.3) is 5.56 Å². The quantitative estimate of drug-likeness (QED) is 0.507. The van der Waals surface area contributed by atoms with E-state index in [1.165, 1.54) is 10.6 Å². The highest BCUT2D eigenvalue weighted by molar-refractivity contribution is 6.37. The van der Waals surface area contributed by atoms with Crippen LogP contribution in [0, 0.1) is 0 Å². The summed E-state index contributed by atoms with van der Waals surface area (Å²) in [5, 5.41) is 1.82. The molecule has 0 spiro atoms. The Labute approximate surface area is 163 Å².